The minimum Gasteiger partial charge on any atom is -0.264 e. The zero-order valence-electron chi connectivity index (χ0n) is 5.88. The minimum absolute atomic E-state index is 1.11. The third-order valence-electron chi connectivity index (χ3n) is 1.99. The molecule has 1 aromatic rings. The number of aromatic nitrogens is 1. The average Bonchev–Trinajstić information content (AvgIpc) is 2.05. The van der Waals surface area contributed by atoms with Gasteiger partial charge >= 0.3 is 0 Å². The van der Waals surface area contributed by atoms with Crippen molar-refractivity contribution in [1.82, 2.24) is 4.98 Å². The number of aryl methyl sites for hydroxylation is 1. The summed E-state index contributed by atoms with van der Waals surface area (Å²) in [7, 11) is 0. The molecular weight excluding hydrogens is 122 g/mol. The van der Waals surface area contributed by atoms with Crippen LogP contribution in [0.4, 0.5) is 0 Å². The molecule has 0 fully saturated rings. The zero-order chi connectivity index (χ0) is 6.81. The standard InChI is InChI=1S/C9H10N/c1-2-4-9-7-10-6-5-8(9)3-1/h2,5-7H,1,3-4H2. The predicted octanol–water partition coefficient (Wildman–Crippen LogP) is 1.77. The normalized spacial score (nSPS) is 16.4. The Bertz CT molecular complexity index is 205. The van der Waals surface area contributed by atoms with E-state index in [0.717, 1.165) is 6.42 Å². The van der Waals surface area contributed by atoms with Gasteiger partial charge in [-0.3, -0.25) is 4.98 Å². The van der Waals surface area contributed by atoms with Gasteiger partial charge in [0.25, 0.3) is 0 Å². The Morgan fingerprint density at radius 1 is 1.30 bits per heavy atom. The molecule has 0 amide bonds. The number of hydrogen-bond acceptors (Lipinski definition) is 1. The van der Waals surface area contributed by atoms with Crippen LogP contribution in [0.5, 0.6) is 0 Å². The maximum absolute atomic E-state index is 4.08. The van der Waals surface area contributed by atoms with E-state index in [-0.39, 0.29) is 0 Å². The maximum Gasteiger partial charge on any atom is 0.0302 e. The van der Waals surface area contributed by atoms with Gasteiger partial charge in [0.05, 0.1) is 0 Å². The first-order valence-corrected chi connectivity index (χ1v) is 3.70. The Labute approximate surface area is 61.1 Å². The van der Waals surface area contributed by atoms with E-state index in [1.54, 1.807) is 0 Å². The van der Waals surface area contributed by atoms with E-state index in [0.29, 0.717) is 0 Å². The number of hydrogen-bond donors (Lipinski definition) is 0. The van der Waals surface area contributed by atoms with E-state index < -0.39 is 0 Å². The van der Waals surface area contributed by atoms with Crippen molar-refractivity contribution in [3.05, 3.63) is 36.0 Å². The summed E-state index contributed by atoms with van der Waals surface area (Å²) in [6, 6.07) is 2.13. The minimum atomic E-state index is 1.11. The highest BCUT2D eigenvalue weighted by molar-refractivity contribution is 5.27. The van der Waals surface area contributed by atoms with Crippen LogP contribution in [-0.2, 0) is 12.8 Å². The molecule has 0 saturated heterocycles. The van der Waals surface area contributed by atoms with Gasteiger partial charge in [-0.25, -0.2) is 0 Å². The van der Waals surface area contributed by atoms with Gasteiger partial charge in [0, 0.05) is 12.4 Å². The van der Waals surface area contributed by atoms with Gasteiger partial charge in [-0.1, -0.05) is 0 Å². The molecule has 51 valence electrons. The molecule has 1 heterocycles. The highest BCUT2D eigenvalue weighted by Gasteiger charge is 2.06. The fourth-order valence-corrected chi connectivity index (χ4v) is 1.40. The Kier molecular flexibility index (Phi) is 1.42. The fraction of sp³-hybridized carbons (Fsp3) is 0.333. The second-order valence-electron chi connectivity index (χ2n) is 2.68. The zero-order valence-corrected chi connectivity index (χ0v) is 5.88. The van der Waals surface area contributed by atoms with Crippen molar-refractivity contribution >= 4 is 0 Å². The summed E-state index contributed by atoms with van der Waals surface area (Å²) < 4.78 is 0. The molecule has 0 N–H and O–H groups in total. The first-order chi connectivity index (χ1) is 4.97. The summed E-state index contributed by atoms with van der Waals surface area (Å²) in [6.45, 7) is 0. The van der Waals surface area contributed by atoms with E-state index in [9.17, 15) is 0 Å². The molecule has 1 aliphatic carbocycles. The molecule has 1 radical (unpaired) electrons. The van der Waals surface area contributed by atoms with Crippen LogP contribution in [0.15, 0.2) is 18.5 Å². The number of nitrogens with zero attached hydrogens (tertiary/aromatic N) is 1. The van der Waals surface area contributed by atoms with E-state index in [4.69, 9.17) is 0 Å². The predicted molar refractivity (Wildman–Crippen MR) is 40.6 cm³/mol. The molecule has 1 aliphatic rings. The fourth-order valence-electron chi connectivity index (χ4n) is 1.40. The molecule has 0 bridgehead atoms. The molecule has 0 aliphatic heterocycles. The number of fused-ring (bicyclic) bond motifs is 1. The monoisotopic (exact) mass is 132 g/mol. The summed E-state index contributed by atoms with van der Waals surface area (Å²) in [5, 5.41) is 0. The highest BCUT2D eigenvalue weighted by atomic mass is 14.6. The third-order valence-corrected chi connectivity index (χ3v) is 1.99. The van der Waals surface area contributed by atoms with Crippen LogP contribution in [0, 0.1) is 6.42 Å². The van der Waals surface area contributed by atoms with Crippen LogP contribution in [0.3, 0.4) is 0 Å². The molecule has 1 nitrogen and oxygen atoms in total. The van der Waals surface area contributed by atoms with Gasteiger partial charge < -0.3 is 0 Å². The van der Waals surface area contributed by atoms with Gasteiger partial charge in [0.2, 0.25) is 0 Å². The molecule has 0 aromatic carbocycles. The molecule has 1 heteroatoms. The molecule has 10 heavy (non-hydrogen) atoms. The summed E-state index contributed by atoms with van der Waals surface area (Å²) >= 11 is 0. The van der Waals surface area contributed by atoms with Crippen molar-refractivity contribution in [2.45, 2.75) is 19.3 Å². The summed E-state index contributed by atoms with van der Waals surface area (Å²) in [5.74, 6) is 0. The van der Waals surface area contributed by atoms with Gasteiger partial charge in [-0.05, 0) is 42.9 Å². The van der Waals surface area contributed by atoms with E-state index in [2.05, 4.69) is 17.5 Å². The van der Waals surface area contributed by atoms with Gasteiger partial charge in [-0.2, -0.15) is 0 Å². The van der Waals surface area contributed by atoms with Gasteiger partial charge in [-0.15, -0.1) is 0 Å². The number of pyridine rings is 1. The topological polar surface area (TPSA) is 12.9 Å². The van der Waals surface area contributed by atoms with Crippen LogP contribution < -0.4 is 0 Å². The second-order valence-corrected chi connectivity index (χ2v) is 2.68. The lowest BCUT2D eigenvalue weighted by Crippen LogP contribution is -2.02. The summed E-state index contributed by atoms with van der Waals surface area (Å²) in [6.07, 6.45) is 9.73. The number of rotatable bonds is 0. The quantitative estimate of drug-likeness (QED) is 0.524. The lowest BCUT2D eigenvalue weighted by atomic mass is 9.94. The SMILES string of the molecule is [CH]1CCc2ccncc2C1. The van der Waals surface area contributed by atoms with E-state index in [1.165, 1.54) is 24.0 Å². The largest absolute Gasteiger partial charge is 0.264 e. The van der Waals surface area contributed by atoms with Gasteiger partial charge in [0.15, 0.2) is 0 Å². The molecule has 0 saturated carbocycles. The first kappa shape index (κ1) is 5.90. The van der Waals surface area contributed by atoms with Crippen LogP contribution in [0.1, 0.15) is 17.5 Å². The van der Waals surface area contributed by atoms with Crippen LogP contribution in [0.25, 0.3) is 0 Å². The lowest BCUT2D eigenvalue weighted by molar-refractivity contribution is 0.822. The van der Waals surface area contributed by atoms with Gasteiger partial charge in [0.1, 0.15) is 0 Å². The van der Waals surface area contributed by atoms with Crippen molar-refractivity contribution in [1.29, 1.82) is 0 Å². The van der Waals surface area contributed by atoms with Crippen molar-refractivity contribution in [2.75, 3.05) is 0 Å². The average molecular weight is 132 g/mol. The third kappa shape index (κ3) is 0.919. The van der Waals surface area contributed by atoms with Crippen LogP contribution in [0.2, 0.25) is 0 Å². The molecular formula is C9H10N. The van der Waals surface area contributed by atoms with E-state index in [1.807, 2.05) is 12.4 Å². The summed E-state index contributed by atoms with van der Waals surface area (Å²) in [4.78, 5) is 4.08. The molecule has 0 atom stereocenters. The summed E-state index contributed by atoms with van der Waals surface area (Å²) in [5.41, 5.74) is 2.89. The second kappa shape index (κ2) is 2.41. The van der Waals surface area contributed by atoms with Crippen LogP contribution >= 0.6 is 0 Å². The van der Waals surface area contributed by atoms with Crippen molar-refractivity contribution in [2.24, 2.45) is 0 Å². The Morgan fingerprint density at radius 2 is 2.30 bits per heavy atom. The lowest BCUT2D eigenvalue weighted by Gasteiger charge is -2.12. The molecule has 0 spiro atoms. The van der Waals surface area contributed by atoms with E-state index >= 15 is 0 Å². The van der Waals surface area contributed by atoms with Crippen LogP contribution in [-0.4, -0.2) is 4.98 Å². The molecule has 0 unspecified atom stereocenters. The van der Waals surface area contributed by atoms with Crippen molar-refractivity contribution in [3.8, 4) is 0 Å². The molecule has 2 rings (SSSR count). The Morgan fingerprint density at radius 3 is 3.20 bits per heavy atom. The van der Waals surface area contributed by atoms with Crippen molar-refractivity contribution < 1.29 is 0 Å². The highest BCUT2D eigenvalue weighted by Crippen LogP contribution is 2.18. The maximum atomic E-state index is 4.08. The van der Waals surface area contributed by atoms with Crippen molar-refractivity contribution in [3.63, 3.8) is 0 Å². The first-order valence-electron chi connectivity index (χ1n) is 3.70. The smallest absolute Gasteiger partial charge is 0.0302 e. The molecule has 1 aromatic heterocycles. The Hall–Kier alpha value is -0.850. The Balaban J connectivity index is 2.41.